The van der Waals surface area contributed by atoms with Crippen LogP contribution in [0.2, 0.25) is 0 Å². The molecule has 5 heteroatoms. The molecule has 0 aromatic heterocycles. The summed E-state index contributed by atoms with van der Waals surface area (Å²) in [7, 11) is 2.22. The van der Waals surface area contributed by atoms with Crippen molar-refractivity contribution in [1.82, 2.24) is 4.90 Å². The molecule has 5 rings (SSSR count). The van der Waals surface area contributed by atoms with Gasteiger partial charge < -0.3 is 14.4 Å². The van der Waals surface area contributed by atoms with E-state index in [-0.39, 0.29) is 24.0 Å². The lowest BCUT2D eigenvalue weighted by molar-refractivity contribution is -0.138. The van der Waals surface area contributed by atoms with Gasteiger partial charge in [0.25, 0.3) is 0 Å². The lowest BCUT2D eigenvalue weighted by Crippen LogP contribution is -2.65. The van der Waals surface area contributed by atoms with E-state index in [4.69, 9.17) is 15.2 Å². The van der Waals surface area contributed by atoms with E-state index in [0.717, 1.165) is 31.6 Å². The number of nitrogens with zero attached hydrogens (tertiary/aromatic N) is 1. The summed E-state index contributed by atoms with van der Waals surface area (Å²) in [5, 5.41) is 0. The van der Waals surface area contributed by atoms with Gasteiger partial charge >= 0.3 is 0 Å². The fraction of sp³-hybridized carbons (Fsp3) is 0.611. The first-order valence-corrected chi connectivity index (χ1v) is 8.55. The highest BCUT2D eigenvalue weighted by molar-refractivity contribution is 5.89. The fourth-order valence-corrected chi connectivity index (χ4v) is 5.71. The van der Waals surface area contributed by atoms with Gasteiger partial charge in [0.2, 0.25) is 0 Å². The highest BCUT2D eigenvalue weighted by atomic mass is 16.5. The standard InChI is InChI=1S/C18H22N2O3/c1-20-7-6-18-11-3-4-13(21)17(18)23-16-14(22-9-19)5-2-10(15(16)18)8-12(11)20/h2,5,11-12,17H,3-4,6-9,19H2,1H3/t11-,12+,17-,18-/m0/s1. The number of carbonyl (C=O) groups is 1. The smallest absolute Gasteiger partial charge is 0.174 e. The van der Waals surface area contributed by atoms with Gasteiger partial charge in [-0.15, -0.1) is 0 Å². The van der Waals surface area contributed by atoms with Crippen LogP contribution in [0.4, 0.5) is 0 Å². The molecule has 4 atom stereocenters. The van der Waals surface area contributed by atoms with Crippen LogP contribution < -0.4 is 15.2 Å². The molecule has 2 fully saturated rings. The minimum absolute atomic E-state index is 0.121. The van der Waals surface area contributed by atoms with Crippen LogP contribution in [0.3, 0.4) is 0 Å². The Morgan fingerprint density at radius 3 is 3.17 bits per heavy atom. The van der Waals surface area contributed by atoms with Crippen molar-refractivity contribution >= 4 is 5.78 Å². The van der Waals surface area contributed by atoms with Crippen molar-refractivity contribution in [1.29, 1.82) is 0 Å². The van der Waals surface area contributed by atoms with Crippen molar-refractivity contribution in [3.05, 3.63) is 23.3 Å². The third-order valence-electron chi connectivity index (χ3n) is 6.61. The molecule has 1 spiro atoms. The molecule has 122 valence electrons. The molecule has 5 nitrogen and oxygen atoms in total. The Labute approximate surface area is 135 Å². The molecule has 1 saturated heterocycles. The number of likely N-dealkylation sites (tertiary alicyclic amines) is 1. The number of piperidine rings is 1. The largest absolute Gasteiger partial charge is 0.477 e. The van der Waals surface area contributed by atoms with Crippen LogP contribution >= 0.6 is 0 Å². The highest BCUT2D eigenvalue weighted by Crippen LogP contribution is 2.63. The van der Waals surface area contributed by atoms with Gasteiger partial charge in [-0.05, 0) is 50.4 Å². The Bertz CT molecular complexity index is 704. The Hall–Kier alpha value is -1.59. The second kappa shape index (κ2) is 4.48. The van der Waals surface area contributed by atoms with E-state index in [1.807, 2.05) is 6.07 Å². The molecule has 1 aromatic carbocycles. The van der Waals surface area contributed by atoms with E-state index in [1.165, 1.54) is 11.1 Å². The van der Waals surface area contributed by atoms with E-state index in [2.05, 4.69) is 18.0 Å². The fourth-order valence-electron chi connectivity index (χ4n) is 5.71. The van der Waals surface area contributed by atoms with Gasteiger partial charge in [0.15, 0.2) is 23.4 Å². The maximum Gasteiger partial charge on any atom is 0.174 e. The Morgan fingerprint density at radius 2 is 2.35 bits per heavy atom. The summed E-state index contributed by atoms with van der Waals surface area (Å²) >= 11 is 0. The van der Waals surface area contributed by atoms with Gasteiger partial charge in [0.1, 0.15) is 6.73 Å². The summed E-state index contributed by atoms with van der Waals surface area (Å²) in [6.07, 6.45) is 3.33. The number of rotatable bonds is 2. The van der Waals surface area contributed by atoms with Crippen molar-refractivity contribution in [2.75, 3.05) is 20.3 Å². The first-order valence-electron chi connectivity index (χ1n) is 8.55. The number of ether oxygens (including phenoxy) is 2. The molecule has 2 aliphatic carbocycles. The van der Waals surface area contributed by atoms with Crippen LogP contribution in [-0.4, -0.2) is 43.2 Å². The summed E-state index contributed by atoms with van der Waals surface area (Å²) in [6, 6.07) is 4.62. The number of ketones is 1. The molecule has 0 amide bonds. The summed E-state index contributed by atoms with van der Waals surface area (Å²) in [5.74, 6) is 2.25. The molecule has 23 heavy (non-hydrogen) atoms. The number of Topliss-reactive ketones (excluding diaryl/α,β-unsaturated/α-hetero) is 1. The molecule has 2 N–H and O–H groups in total. The number of benzene rings is 1. The monoisotopic (exact) mass is 314 g/mol. The quantitative estimate of drug-likeness (QED) is 0.832. The van der Waals surface area contributed by atoms with E-state index in [1.54, 1.807) is 0 Å². The van der Waals surface area contributed by atoms with Crippen LogP contribution in [0, 0.1) is 5.92 Å². The molecule has 2 bridgehead atoms. The average molecular weight is 314 g/mol. The van der Waals surface area contributed by atoms with Gasteiger partial charge in [0, 0.05) is 23.4 Å². The van der Waals surface area contributed by atoms with Crippen molar-refractivity contribution in [3.8, 4) is 11.5 Å². The van der Waals surface area contributed by atoms with Crippen LogP contribution in [0.15, 0.2) is 12.1 Å². The van der Waals surface area contributed by atoms with Crippen molar-refractivity contribution < 1.29 is 14.3 Å². The predicted molar refractivity (Wildman–Crippen MR) is 84.7 cm³/mol. The summed E-state index contributed by atoms with van der Waals surface area (Å²) in [4.78, 5) is 15.1. The lowest BCUT2D eigenvalue weighted by Gasteiger charge is -2.57. The second-order valence-corrected chi connectivity index (χ2v) is 7.39. The van der Waals surface area contributed by atoms with Gasteiger partial charge in [-0.3, -0.25) is 10.5 Å². The second-order valence-electron chi connectivity index (χ2n) is 7.39. The maximum atomic E-state index is 12.7. The first-order chi connectivity index (χ1) is 11.2. The number of carbonyl (C=O) groups excluding carboxylic acids is 1. The van der Waals surface area contributed by atoms with E-state index < -0.39 is 0 Å². The molecule has 1 aromatic rings. The van der Waals surface area contributed by atoms with Crippen LogP contribution in [0.5, 0.6) is 11.5 Å². The molecular weight excluding hydrogens is 292 g/mol. The van der Waals surface area contributed by atoms with Gasteiger partial charge in [-0.2, -0.15) is 0 Å². The Balaban J connectivity index is 1.77. The topological polar surface area (TPSA) is 64.8 Å². The van der Waals surface area contributed by atoms with E-state index >= 15 is 0 Å². The number of likely N-dealkylation sites (N-methyl/N-ethyl adjacent to an activating group) is 1. The minimum atomic E-state index is -0.325. The molecule has 0 unspecified atom stereocenters. The van der Waals surface area contributed by atoms with Gasteiger partial charge in [0.05, 0.1) is 0 Å². The molecule has 4 aliphatic rings. The average Bonchev–Trinajstić information content (AvgIpc) is 2.90. The van der Waals surface area contributed by atoms with Crippen molar-refractivity contribution in [3.63, 3.8) is 0 Å². The van der Waals surface area contributed by atoms with Gasteiger partial charge in [-0.25, -0.2) is 0 Å². The van der Waals surface area contributed by atoms with Crippen molar-refractivity contribution in [2.45, 2.75) is 43.2 Å². The van der Waals surface area contributed by atoms with Gasteiger partial charge in [-0.1, -0.05) is 6.07 Å². The van der Waals surface area contributed by atoms with Crippen LogP contribution in [0.25, 0.3) is 0 Å². The number of hydrogen-bond donors (Lipinski definition) is 1. The number of hydrogen-bond acceptors (Lipinski definition) is 5. The summed E-state index contributed by atoms with van der Waals surface area (Å²) in [5.41, 5.74) is 8.03. The highest BCUT2D eigenvalue weighted by Gasteiger charge is 2.65. The Kier molecular flexibility index (Phi) is 2.69. The lowest BCUT2D eigenvalue weighted by atomic mass is 9.52. The first kappa shape index (κ1) is 13.8. The Morgan fingerprint density at radius 1 is 1.48 bits per heavy atom. The summed E-state index contributed by atoms with van der Waals surface area (Å²) in [6.45, 7) is 1.14. The maximum absolute atomic E-state index is 12.7. The van der Waals surface area contributed by atoms with Crippen LogP contribution in [0.1, 0.15) is 30.4 Å². The normalized spacial score (nSPS) is 37.3. The summed E-state index contributed by atoms with van der Waals surface area (Å²) < 4.78 is 11.9. The number of nitrogens with two attached hydrogens (primary N) is 1. The van der Waals surface area contributed by atoms with Crippen molar-refractivity contribution in [2.24, 2.45) is 11.7 Å². The van der Waals surface area contributed by atoms with E-state index in [9.17, 15) is 4.79 Å². The zero-order valence-electron chi connectivity index (χ0n) is 13.4. The SMILES string of the molecule is CN1CC[C@]23c4c5ccc(OCN)c4O[C@H]2C(=O)CC[C@H]3[C@H]1C5. The van der Waals surface area contributed by atoms with Crippen LogP contribution in [-0.2, 0) is 16.6 Å². The molecule has 2 heterocycles. The zero-order chi connectivity index (χ0) is 15.8. The predicted octanol–water partition coefficient (Wildman–Crippen LogP) is 1.22. The third-order valence-corrected chi connectivity index (χ3v) is 6.61. The molecule has 2 aliphatic heterocycles. The minimum Gasteiger partial charge on any atom is -0.477 e. The molecule has 0 radical (unpaired) electrons. The molecular formula is C18H22N2O3. The van der Waals surface area contributed by atoms with E-state index in [0.29, 0.717) is 24.1 Å². The third kappa shape index (κ3) is 1.52. The zero-order valence-corrected chi connectivity index (χ0v) is 13.4. The molecule has 1 saturated carbocycles.